The van der Waals surface area contributed by atoms with Gasteiger partial charge in [-0.25, -0.2) is 13.8 Å². The van der Waals surface area contributed by atoms with Gasteiger partial charge in [0.2, 0.25) is 0 Å². The number of aromatic amines is 1. The maximum Gasteiger partial charge on any atom is 0.472 e. The van der Waals surface area contributed by atoms with Crippen molar-refractivity contribution < 1.29 is 37.5 Å². The second-order valence-electron chi connectivity index (χ2n) is 11.3. The van der Waals surface area contributed by atoms with Crippen molar-refractivity contribution in [3.05, 3.63) is 33.1 Å². The number of alkyl halides is 1. The third-order valence-corrected chi connectivity index (χ3v) is 8.54. The number of phosphoric ester groups is 1. The van der Waals surface area contributed by atoms with Crippen LogP contribution in [0.4, 0.5) is 4.39 Å². The number of nitrogens with zero attached hydrogens (tertiary/aromatic N) is 1. The van der Waals surface area contributed by atoms with E-state index in [9.17, 15) is 24.2 Å². The third kappa shape index (κ3) is 13.5. The van der Waals surface area contributed by atoms with Gasteiger partial charge >= 0.3 is 13.5 Å². The molecule has 5 atom stereocenters. The third-order valence-electron chi connectivity index (χ3n) is 7.55. The number of halogens is 1. The van der Waals surface area contributed by atoms with E-state index < -0.39 is 49.8 Å². The van der Waals surface area contributed by atoms with Gasteiger partial charge in [0.1, 0.15) is 12.2 Å². The molecule has 1 fully saturated rings. The molecule has 1 aliphatic rings. The summed E-state index contributed by atoms with van der Waals surface area (Å²) in [6.45, 7) is 3.53. The van der Waals surface area contributed by atoms with E-state index in [1.165, 1.54) is 77.0 Å². The Balaban J connectivity index is 1.48. The van der Waals surface area contributed by atoms with E-state index in [-0.39, 0.29) is 6.61 Å². The van der Waals surface area contributed by atoms with E-state index in [0.717, 1.165) is 36.6 Å². The minimum absolute atomic E-state index is 0.0865. The van der Waals surface area contributed by atoms with Crippen molar-refractivity contribution in [2.24, 2.45) is 0 Å². The molecule has 2 rings (SSSR count). The summed E-state index contributed by atoms with van der Waals surface area (Å²) in [5.74, 6) is 0. The normalized spacial score (nSPS) is 23.8. The molecule has 244 valence electrons. The number of aliphatic hydroxyl groups excluding tert-OH is 1. The number of phosphoric acid groups is 1. The highest BCUT2D eigenvalue weighted by atomic mass is 31.2. The van der Waals surface area contributed by atoms with Gasteiger partial charge in [0.15, 0.2) is 11.9 Å². The molecule has 0 radical (unpaired) electrons. The molecule has 42 heavy (non-hydrogen) atoms. The molecule has 1 aromatic rings. The average Bonchev–Trinajstić information content (AvgIpc) is 3.16. The Morgan fingerprint density at radius 3 is 2.05 bits per heavy atom. The molecule has 1 aromatic heterocycles. The Hall–Kier alpha value is -1.40. The van der Waals surface area contributed by atoms with E-state index in [1.807, 2.05) is 4.98 Å². The fraction of sp³-hybridized carbons (Fsp3) is 0.862. The summed E-state index contributed by atoms with van der Waals surface area (Å²) in [6, 6.07) is 1.01. The number of rotatable bonds is 24. The van der Waals surface area contributed by atoms with Crippen LogP contribution in [-0.2, 0) is 23.1 Å². The molecule has 2 heterocycles. The minimum atomic E-state index is -4.50. The molecule has 3 N–H and O–H groups in total. The van der Waals surface area contributed by atoms with Crippen molar-refractivity contribution in [2.75, 3.05) is 26.4 Å². The first kappa shape index (κ1) is 36.8. The molecule has 0 saturated carbocycles. The fourth-order valence-corrected chi connectivity index (χ4v) is 5.78. The van der Waals surface area contributed by atoms with Crippen molar-refractivity contribution >= 4 is 7.82 Å². The smallest absolute Gasteiger partial charge is 0.387 e. The van der Waals surface area contributed by atoms with Gasteiger partial charge in [-0.15, -0.1) is 0 Å². The van der Waals surface area contributed by atoms with Crippen LogP contribution in [0.15, 0.2) is 21.9 Å². The molecule has 0 spiro atoms. The molecule has 13 heteroatoms. The van der Waals surface area contributed by atoms with Gasteiger partial charge < -0.3 is 19.5 Å². The van der Waals surface area contributed by atoms with Gasteiger partial charge in [0, 0.05) is 25.5 Å². The van der Waals surface area contributed by atoms with E-state index in [1.54, 1.807) is 0 Å². The second-order valence-corrected chi connectivity index (χ2v) is 12.8. The molecule has 1 saturated heterocycles. The van der Waals surface area contributed by atoms with Gasteiger partial charge in [-0.3, -0.25) is 23.4 Å². The van der Waals surface area contributed by atoms with Crippen LogP contribution in [0.1, 0.15) is 116 Å². The molecule has 1 aliphatic heterocycles. The Morgan fingerprint density at radius 2 is 1.48 bits per heavy atom. The highest BCUT2D eigenvalue weighted by Crippen LogP contribution is 2.46. The van der Waals surface area contributed by atoms with Gasteiger partial charge in [0.05, 0.1) is 13.2 Å². The number of unbranched alkanes of at least 4 members (excludes halogenated alkanes) is 13. The standard InChI is InChI=1S/C29H52FN2O9P/c1-3-4-5-6-7-8-9-10-11-12-13-14-15-16-20-38-21-17-22-39-42(36,37)40-23-24-26(34)29(2,30)27(41-24)32-19-18-25(33)31-28(32)35/h18-19,24,26-27,34H,3-17,20-23H2,1-2H3,(H,36,37)(H,31,33,35)/t24-,26?,27-,29-/m1/s1. The first-order chi connectivity index (χ1) is 20.1. The van der Waals surface area contributed by atoms with Crippen LogP contribution in [-0.4, -0.2) is 63.9 Å². The quantitative estimate of drug-likeness (QED) is 0.0997. The Morgan fingerprint density at radius 1 is 0.929 bits per heavy atom. The van der Waals surface area contributed by atoms with Gasteiger partial charge in [-0.05, 0) is 19.8 Å². The number of H-pyrrole nitrogens is 1. The summed E-state index contributed by atoms with van der Waals surface area (Å²) in [6.07, 6.45) is 14.8. The summed E-state index contributed by atoms with van der Waals surface area (Å²) >= 11 is 0. The monoisotopic (exact) mass is 622 g/mol. The predicted octanol–water partition coefficient (Wildman–Crippen LogP) is 5.54. The average molecular weight is 623 g/mol. The Kier molecular flexibility index (Phi) is 17.3. The summed E-state index contributed by atoms with van der Waals surface area (Å²) in [5, 5.41) is 10.3. The number of hydrogen-bond acceptors (Lipinski definition) is 8. The first-order valence-electron chi connectivity index (χ1n) is 15.6. The summed E-state index contributed by atoms with van der Waals surface area (Å²) < 4.78 is 49.0. The van der Waals surface area contributed by atoms with Crippen LogP contribution in [0.2, 0.25) is 0 Å². The van der Waals surface area contributed by atoms with Crippen molar-refractivity contribution in [3.8, 4) is 0 Å². The maximum absolute atomic E-state index is 15.2. The van der Waals surface area contributed by atoms with E-state index in [4.69, 9.17) is 18.5 Å². The molecule has 0 amide bonds. The van der Waals surface area contributed by atoms with Crippen LogP contribution in [0.5, 0.6) is 0 Å². The molecule has 0 bridgehead atoms. The van der Waals surface area contributed by atoms with Crippen molar-refractivity contribution in [1.82, 2.24) is 9.55 Å². The van der Waals surface area contributed by atoms with E-state index >= 15 is 4.39 Å². The second kappa shape index (κ2) is 19.8. The molecule has 0 aliphatic carbocycles. The lowest BCUT2D eigenvalue weighted by Crippen LogP contribution is -2.43. The van der Waals surface area contributed by atoms with Gasteiger partial charge in [-0.1, -0.05) is 90.4 Å². The zero-order valence-electron chi connectivity index (χ0n) is 25.3. The largest absolute Gasteiger partial charge is 0.472 e. The lowest BCUT2D eigenvalue weighted by atomic mass is 9.98. The number of aromatic nitrogens is 2. The highest BCUT2D eigenvalue weighted by Gasteiger charge is 2.55. The zero-order valence-corrected chi connectivity index (χ0v) is 26.2. The molecule has 2 unspecified atom stereocenters. The number of nitrogens with one attached hydrogen (secondary N) is 1. The number of hydrogen-bond donors (Lipinski definition) is 3. The van der Waals surface area contributed by atoms with Crippen LogP contribution < -0.4 is 11.2 Å². The fourth-order valence-electron chi connectivity index (χ4n) is 5.01. The van der Waals surface area contributed by atoms with Crippen LogP contribution in [0.25, 0.3) is 0 Å². The van der Waals surface area contributed by atoms with E-state index in [0.29, 0.717) is 19.6 Å². The predicted molar refractivity (Wildman–Crippen MR) is 158 cm³/mol. The van der Waals surface area contributed by atoms with Crippen molar-refractivity contribution in [3.63, 3.8) is 0 Å². The van der Waals surface area contributed by atoms with Crippen LogP contribution in [0, 0.1) is 0 Å². The molecule has 11 nitrogen and oxygen atoms in total. The van der Waals surface area contributed by atoms with Crippen LogP contribution >= 0.6 is 7.82 Å². The first-order valence-corrected chi connectivity index (χ1v) is 17.1. The Bertz CT molecular complexity index is 1030. The van der Waals surface area contributed by atoms with Gasteiger partial charge in [-0.2, -0.15) is 0 Å². The van der Waals surface area contributed by atoms with Crippen molar-refractivity contribution in [2.45, 2.75) is 134 Å². The number of ether oxygens (including phenoxy) is 2. The zero-order chi connectivity index (χ0) is 30.8. The Labute approximate surface area is 248 Å². The maximum atomic E-state index is 15.2. The summed E-state index contributed by atoms with van der Waals surface area (Å²) in [4.78, 5) is 35.2. The van der Waals surface area contributed by atoms with Crippen molar-refractivity contribution in [1.29, 1.82) is 0 Å². The van der Waals surface area contributed by atoms with E-state index in [2.05, 4.69) is 6.92 Å². The molecule has 0 aromatic carbocycles. The summed E-state index contributed by atoms with van der Waals surface area (Å²) in [5.41, 5.74) is -4.04. The lowest BCUT2D eigenvalue weighted by Gasteiger charge is -2.24. The molecular weight excluding hydrogens is 570 g/mol. The van der Waals surface area contributed by atoms with Crippen LogP contribution in [0.3, 0.4) is 0 Å². The minimum Gasteiger partial charge on any atom is -0.387 e. The lowest BCUT2D eigenvalue weighted by molar-refractivity contribution is -0.0612. The van der Waals surface area contributed by atoms with Gasteiger partial charge in [0.25, 0.3) is 5.56 Å². The highest BCUT2D eigenvalue weighted by molar-refractivity contribution is 7.47. The SMILES string of the molecule is CCCCCCCCCCCCCCCCOCCCOP(=O)(O)OC[C@H]1O[C@@H](n2ccc(=O)[nH]c2=O)[C@](C)(F)C1O. The molecular formula is C29H52FN2O9P. The summed E-state index contributed by atoms with van der Waals surface area (Å²) in [7, 11) is -4.50. The number of aliphatic hydroxyl groups is 1. The topological polar surface area (TPSA) is 149 Å².